The lowest BCUT2D eigenvalue weighted by Gasteiger charge is -2.07. The number of hydrogen-bond acceptors (Lipinski definition) is 2. The molecule has 0 bridgehead atoms. The molecule has 0 aromatic rings. The SMILES string of the molecule is C=C(CCCCCCCCCC)C(=O)OCCCCCCCCCCCC. The van der Waals surface area contributed by atoms with Gasteiger partial charge < -0.3 is 4.74 Å². The molecule has 0 atom stereocenters. The highest BCUT2D eigenvalue weighted by atomic mass is 16.5. The van der Waals surface area contributed by atoms with Crippen LogP contribution in [0.1, 0.15) is 136 Å². The third-order valence-electron chi connectivity index (χ3n) is 5.35. The Balaban J connectivity index is 3.33. The van der Waals surface area contributed by atoms with Crippen molar-refractivity contribution in [1.29, 1.82) is 0 Å². The van der Waals surface area contributed by atoms with Gasteiger partial charge in [0.1, 0.15) is 0 Å². The van der Waals surface area contributed by atoms with Gasteiger partial charge >= 0.3 is 5.97 Å². The largest absolute Gasteiger partial charge is 0.462 e. The van der Waals surface area contributed by atoms with Crippen LogP contribution in [0.2, 0.25) is 0 Å². The minimum Gasteiger partial charge on any atom is -0.462 e. The van der Waals surface area contributed by atoms with Gasteiger partial charge in [-0.3, -0.25) is 0 Å². The van der Waals surface area contributed by atoms with Crippen LogP contribution in [0.15, 0.2) is 12.2 Å². The van der Waals surface area contributed by atoms with Crippen LogP contribution >= 0.6 is 0 Å². The van der Waals surface area contributed by atoms with Crippen molar-refractivity contribution in [2.24, 2.45) is 0 Å². The lowest BCUT2D eigenvalue weighted by atomic mass is 10.0. The Kier molecular flexibility index (Phi) is 20.9. The summed E-state index contributed by atoms with van der Waals surface area (Å²) in [5.41, 5.74) is 0.660. The van der Waals surface area contributed by atoms with E-state index in [0.717, 1.165) is 19.3 Å². The molecule has 0 saturated carbocycles. The normalized spacial score (nSPS) is 10.9. The molecule has 0 aromatic heterocycles. The van der Waals surface area contributed by atoms with Gasteiger partial charge in [0.25, 0.3) is 0 Å². The number of carbonyl (C=O) groups excluding carboxylic acids is 1. The summed E-state index contributed by atoms with van der Waals surface area (Å²) in [5, 5.41) is 0. The van der Waals surface area contributed by atoms with Crippen LogP contribution < -0.4 is 0 Å². The van der Waals surface area contributed by atoms with Crippen molar-refractivity contribution in [2.75, 3.05) is 6.61 Å². The fraction of sp³-hybridized carbons (Fsp3) is 0.880. The van der Waals surface area contributed by atoms with Gasteiger partial charge in [-0.15, -0.1) is 0 Å². The summed E-state index contributed by atoms with van der Waals surface area (Å²) >= 11 is 0. The molecule has 0 heterocycles. The Hall–Kier alpha value is -0.790. The van der Waals surface area contributed by atoms with Crippen molar-refractivity contribution in [2.45, 2.75) is 136 Å². The molecule has 0 aliphatic heterocycles. The Morgan fingerprint density at radius 3 is 1.41 bits per heavy atom. The topological polar surface area (TPSA) is 26.3 Å². The van der Waals surface area contributed by atoms with Crippen molar-refractivity contribution < 1.29 is 9.53 Å². The Morgan fingerprint density at radius 2 is 0.963 bits per heavy atom. The summed E-state index contributed by atoms with van der Waals surface area (Å²) in [6.07, 6.45) is 24.1. The number of carbonyl (C=O) groups is 1. The fourth-order valence-corrected chi connectivity index (χ4v) is 3.43. The molecule has 0 unspecified atom stereocenters. The first-order valence-electron chi connectivity index (χ1n) is 12.1. The molecule has 27 heavy (non-hydrogen) atoms. The lowest BCUT2D eigenvalue weighted by molar-refractivity contribution is -0.139. The second kappa shape index (κ2) is 21.5. The van der Waals surface area contributed by atoms with Gasteiger partial charge in [0.15, 0.2) is 0 Å². The minimum absolute atomic E-state index is 0.172. The van der Waals surface area contributed by atoms with E-state index in [1.54, 1.807) is 0 Å². The van der Waals surface area contributed by atoms with E-state index >= 15 is 0 Å². The molecule has 0 fully saturated rings. The molecule has 0 saturated heterocycles. The molecule has 0 radical (unpaired) electrons. The first-order valence-corrected chi connectivity index (χ1v) is 12.1. The van der Waals surface area contributed by atoms with Crippen molar-refractivity contribution in [1.82, 2.24) is 0 Å². The minimum atomic E-state index is -0.172. The molecule has 0 spiro atoms. The van der Waals surface area contributed by atoms with Crippen LogP contribution in [-0.2, 0) is 9.53 Å². The highest BCUT2D eigenvalue weighted by Crippen LogP contribution is 2.14. The monoisotopic (exact) mass is 380 g/mol. The number of hydrogen-bond donors (Lipinski definition) is 0. The predicted molar refractivity (Wildman–Crippen MR) is 119 cm³/mol. The fourth-order valence-electron chi connectivity index (χ4n) is 3.43. The van der Waals surface area contributed by atoms with Crippen molar-refractivity contribution >= 4 is 5.97 Å². The zero-order valence-corrected chi connectivity index (χ0v) is 18.7. The highest BCUT2D eigenvalue weighted by Gasteiger charge is 2.07. The lowest BCUT2D eigenvalue weighted by Crippen LogP contribution is -2.08. The van der Waals surface area contributed by atoms with E-state index in [4.69, 9.17) is 4.74 Å². The molecule has 0 aromatic carbocycles. The van der Waals surface area contributed by atoms with Crippen LogP contribution in [0.5, 0.6) is 0 Å². The zero-order chi connectivity index (χ0) is 20.0. The van der Waals surface area contributed by atoms with Gasteiger partial charge in [-0.05, 0) is 19.3 Å². The Bertz CT molecular complexity index is 335. The summed E-state index contributed by atoms with van der Waals surface area (Å²) in [6.45, 7) is 8.98. The summed E-state index contributed by atoms with van der Waals surface area (Å²) < 4.78 is 5.36. The molecule has 0 N–H and O–H groups in total. The Morgan fingerprint density at radius 1 is 0.593 bits per heavy atom. The van der Waals surface area contributed by atoms with Gasteiger partial charge in [0.05, 0.1) is 6.61 Å². The maximum Gasteiger partial charge on any atom is 0.333 e. The molecule has 2 heteroatoms. The summed E-state index contributed by atoms with van der Waals surface area (Å²) in [7, 11) is 0. The number of esters is 1. The predicted octanol–water partition coefficient (Wildman–Crippen LogP) is 8.54. The maximum absolute atomic E-state index is 11.9. The summed E-state index contributed by atoms with van der Waals surface area (Å²) in [6, 6.07) is 0. The standard InChI is InChI=1S/C25H48O2/c1-4-6-8-10-12-14-15-17-19-21-23-27-25(26)24(3)22-20-18-16-13-11-9-7-5-2/h3-23H2,1-2H3. The van der Waals surface area contributed by atoms with Crippen molar-refractivity contribution in [3.63, 3.8) is 0 Å². The van der Waals surface area contributed by atoms with E-state index in [2.05, 4.69) is 20.4 Å². The molecular weight excluding hydrogens is 332 g/mol. The highest BCUT2D eigenvalue weighted by molar-refractivity contribution is 5.87. The van der Waals surface area contributed by atoms with Crippen molar-refractivity contribution in [3.8, 4) is 0 Å². The smallest absolute Gasteiger partial charge is 0.333 e. The van der Waals surface area contributed by atoms with Crippen LogP contribution in [0.25, 0.3) is 0 Å². The molecular formula is C25H48O2. The quantitative estimate of drug-likeness (QED) is 0.113. The van der Waals surface area contributed by atoms with E-state index in [1.165, 1.54) is 103 Å². The van der Waals surface area contributed by atoms with Gasteiger partial charge in [0, 0.05) is 5.57 Å². The van der Waals surface area contributed by atoms with Crippen LogP contribution in [0, 0.1) is 0 Å². The number of ether oxygens (including phenoxy) is 1. The van der Waals surface area contributed by atoms with E-state index in [-0.39, 0.29) is 5.97 Å². The van der Waals surface area contributed by atoms with Gasteiger partial charge in [-0.1, -0.05) is 123 Å². The third kappa shape index (κ3) is 19.8. The van der Waals surface area contributed by atoms with Crippen LogP contribution in [0.3, 0.4) is 0 Å². The average molecular weight is 381 g/mol. The van der Waals surface area contributed by atoms with Crippen LogP contribution in [0.4, 0.5) is 0 Å². The Labute approximate surface area is 170 Å². The van der Waals surface area contributed by atoms with Gasteiger partial charge in [0.2, 0.25) is 0 Å². The van der Waals surface area contributed by atoms with Crippen molar-refractivity contribution in [3.05, 3.63) is 12.2 Å². The van der Waals surface area contributed by atoms with Crippen LogP contribution in [-0.4, -0.2) is 12.6 Å². The second-order valence-corrected chi connectivity index (χ2v) is 8.15. The third-order valence-corrected chi connectivity index (χ3v) is 5.35. The zero-order valence-electron chi connectivity index (χ0n) is 18.7. The molecule has 0 aliphatic rings. The average Bonchev–Trinajstić information content (AvgIpc) is 2.67. The first-order chi connectivity index (χ1) is 13.2. The van der Waals surface area contributed by atoms with Gasteiger partial charge in [-0.2, -0.15) is 0 Å². The summed E-state index contributed by atoms with van der Waals surface area (Å²) in [5.74, 6) is -0.172. The van der Waals surface area contributed by atoms with E-state index in [1.807, 2.05) is 0 Å². The number of unbranched alkanes of at least 4 members (excludes halogenated alkanes) is 16. The second-order valence-electron chi connectivity index (χ2n) is 8.15. The molecule has 160 valence electrons. The van der Waals surface area contributed by atoms with E-state index in [0.29, 0.717) is 12.2 Å². The van der Waals surface area contributed by atoms with E-state index < -0.39 is 0 Å². The molecule has 0 rings (SSSR count). The molecule has 0 aliphatic carbocycles. The van der Waals surface area contributed by atoms with Gasteiger partial charge in [-0.25, -0.2) is 4.79 Å². The summed E-state index contributed by atoms with van der Waals surface area (Å²) in [4.78, 5) is 11.9. The molecule has 0 amide bonds. The maximum atomic E-state index is 11.9. The van der Waals surface area contributed by atoms with E-state index in [9.17, 15) is 4.79 Å². The molecule has 2 nitrogen and oxygen atoms in total. The first kappa shape index (κ1) is 26.2. The number of rotatable bonds is 21.